The van der Waals surface area contributed by atoms with Gasteiger partial charge >= 0.3 is 0 Å². The second-order valence-corrected chi connectivity index (χ2v) is 4.08. The molecule has 0 amide bonds. The summed E-state index contributed by atoms with van der Waals surface area (Å²) in [5.74, 6) is 0. The summed E-state index contributed by atoms with van der Waals surface area (Å²) in [4.78, 5) is 0. The Morgan fingerprint density at radius 3 is 2.44 bits per heavy atom. The van der Waals surface area contributed by atoms with Crippen molar-refractivity contribution in [3.05, 3.63) is 35.9 Å². The van der Waals surface area contributed by atoms with Gasteiger partial charge in [-0.3, -0.25) is 0 Å². The fourth-order valence-corrected chi connectivity index (χ4v) is 1.37. The molecule has 0 aliphatic heterocycles. The van der Waals surface area contributed by atoms with Crippen LogP contribution in [0.4, 0.5) is 0 Å². The molecule has 0 saturated heterocycles. The van der Waals surface area contributed by atoms with Crippen LogP contribution in [-0.4, -0.2) is 26.4 Å². The van der Waals surface area contributed by atoms with Gasteiger partial charge in [-0.25, -0.2) is 0 Å². The van der Waals surface area contributed by atoms with E-state index < -0.39 is 6.10 Å². The Balaban J connectivity index is 2.38. The van der Waals surface area contributed by atoms with E-state index in [9.17, 15) is 5.11 Å². The van der Waals surface area contributed by atoms with Gasteiger partial charge in [0.1, 0.15) is 12.7 Å². The molecule has 1 aromatic rings. The minimum Gasteiger partial charge on any atom is -0.502 e. The van der Waals surface area contributed by atoms with Gasteiger partial charge in [-0.2, -0.15) is 0 Å². The van der Waals surface area contributed by atoms with Crippen LogP contribution in [-0.2, 0) is 11.3 Å². The van der Waals surface area contributed by atoms with Crippen molar-refractivity contribution in [1.82, 2.24) is 0 Å². The summed E-state index contributed by atoms with van der Waals surface area (Å²) in [6.45, 7) is 0.301. The molecule has 1 atom stereocenters. The molecule has 0 bridgehead atoms. The lowest BCUT2D eigenvalue weighted by atomic mass is 10.2. The van der Waals surface area contributed by atoms with E-state index in [4.69, 9.17) is 22.1 Å². The van der Waals surface area contributed by atoms with E-state index in [0.29, 0.717) is 6.61 Å². The van der Waals surface area contributed by atoms with Crippen molar-refractivity contribution in [2.24, 2.45) is 0 Å². The van der Waals surface area contributed by atoms with Crippen LogP contribution in [0.1, 0.15) is 12.0 Å². The van der Waals surface area contributed by atoms with Crippen LogP contribution in [0.3, 0.4) is 0 Å². The molecule has 1 aromatic carbocycles. The second-order valence-electron chi connectivity index (χ2n) is 3.21. The van der Waals surface area contributed by atoms with Gasteiger partial charge in [0.05, 0.1) is 0 Å². The molecule has 1 rings (SSSR count). The number of hydrogen-bond acceptors (Lipinski definition) is 4. The molecular formula is C11H12O3S2. The molecule has 0 spiro atoms. The first kappa shape index (κ1) is 13.0. The molecule has 1 unspecified atom stereocenters. The van der Waals surface area contributed by atoms with E-state index in [1.807, 2.05) is 30.3 Å². The van der Waals surface area contributed by atoms with Gasteiger partial charge in [-0.05, 0) is 30.0 Å². The number of benzene rings is 1. The normalized spacial score (nSPS) is 11.8. The number of aliphatic hydroxyl groups is 2. The van der Waals surface area contributed by atoms with Crippen LogP contribution in [0, 0.1) is 0 Å². The molecule has 0 aromatic heterocycles. The van der Waals surface area contributed by atoms with Gasteiger partial charge in [-0.15, -0.1) is 0 Å². The van der Waals surface area contributed by atoms with Crippen LogP contribution in [0.2, 0.25) is 0 Å². The highest BCUT2D eigenvalue weighted by Gasteiger charge is 2.14. The Hall–Kier alpha value is -1.04. The molecule has 2 N–H and O–H groups in total. The zero-order chi connectivity index (χ0) is 12.0. The van der Waals surface area contributed by atoms with Gasteiger partial charge < -0.3 is 14.9 Å². The minimum absolute atomic E-state index is 0.0419. The van der Waals surface area contributed by atoms with Crippen LogP contribution in [0.5, 0.6) is 0 Å². The van der Waals surface area contributed by atoms with E-state index in [-0.39, 0.29) is 16.5 Å². The largest absolute Gasteiger partial charge is 0.502 e. The first-order valence-electron chi connectivity index (χ1n) is 4.70. The first-order valence-corrected chi connectivity index (χ1v) is 5.51. The molecule has 0 aliphatic rings. The standard InChI is InChI=1S/C11H12O3S2/c12-9(6-10(13)15)11(16)14-7-8-4-2-1-3-5-8/h1-5,9,12H,6-7H2,(H,13,15). The third kappa shape index (κ3) is 4.65. The molecule has 0 fully saturated rings. The lowest BCUT2D eigenvalue weighted by Gasteiger charge is -2.12. The molecule has 0 saturated carbocycles. The van der Waals surface area contributed by atoms with Crippen molar-refractivity contribution in [2.45, 2.75) is 19.1 Å². The SMILES string of the molecule is OC(=S)CC(O)C(=S)OCc1ccccc1. The highest BCUT2D eigenvalue weighted by atomic mass is 32.1. The molecule has 0 heterocycles. The Morgan fingerprint density at radius 1 is 1.25 bits per heavy atom. The van der Waals surface area contributed by atoms with Crippen molar-refractivity contribution in [2.75, 3.05) is 0 Å². The van der Waals surface area contributed by atoms with Gasteiger partial charge in [0.25, 0.3) is 0 Å². The van der Waals surface area contributed by atoms with Gasteiger partial charge in [0, 0.05) is 6.42 Å². The maximum Gasteiger partial charge on any atom is 0.189 e. The third-order valence-corrected chi connectivity index (χ3v) is 2.42. The van der Waals surface area contributed by atoms with E-state index in [2.05, 4.69) is 12.2 Å². The molecule has 0 radical (unpaired) electrons. The molecular weight excluding hydrogens is 244 g/mol. The Labute approximate surface area is 105 Å². The lowest BCUT2D eigenvalue weighted by molar-refractivity contribution is 0.189. The third-order valence-electron chi connectivity index (χ3n) is 1.86. The van der Waals surface area contributed by atoms with Crippen molar-refractivity contribution in [1.29, 1.82) is 0 Å². The van der Waals surface area contributed by atoms with Crippen LogP contribution in [0.25, 0.3) is 0 Å². The zero-order valence-electron chi connectivity index (χ0n) is 8.50. The summed E-state index contributed by atoms with van der Waals surface area (Å²) >= 11 is 9.30. The summed E-state index contributed by atoms with van der Waals surface area (Å²) in [6, 6.07) is 9.47. The lowest BCUT2D eigenvalue weighted by Crippen LogP contribution is -2.23. The number of hydrogen-bond donors (Lipinski definition) is 2. The average molecular weight is 256 g/mol. The molecule has 16 heavy (non-hydrogen) atoms. The minimum atomic E-state index is -1.03. The van der Waals surface area contributed by atoms with Crippen LogP contribution >= 0.6 is 24.4 Å². The number of aliphatic hydroxyl groups excluding tert-OH is 2. The number of rotatable bonds is 5. The summed E-state index contributed by atoms with van der Waals surface area (Å²) in [5, 5.41) is 18.0. The van der Waals surface area contributed by atoms with Crippen molar-refractivity contribution < 1.29 is 14.9 Å². The van der Waals surface area contributed by atoms with Crippen LogP contribution in [0.15, 0.2) is 30.3 Å². The quantitative estimate of drug-likeness (QED) is 0.791. The summed E-state index contributed by atoms with van der Waals surface area (Å²) in [5.41, 5.74) is 0.962. The monoisotopic (exact) mass is 256 g/mol. The molecule has 5 heteroatoms. The highest BCUT2D eigenvalue weighted by molar-refractivity contribution is 7.80. The van der Waals surface area contributed by atoms with Crippen LogP contribution < -0.4 is 0 Å². The van der Waals surface area contributed by atoms with Crippen molar-refractivity contribution in [3.63, 3.8) is 0 Å². The zero-order valence-corrected chi connectivity index (χ0v) is 10.1. The second kappa shape index (κ2) is 6.52. The Morgan fingerprint density at radius 2 is 1.88 bits per heavy atom. The Kier molecular flexibility index (Phi) is 5.31. The molecule has 3 nitrogen and oxygen atoms in total. The van der Waals surface area contributed by atoms with Crippen molar-refractivity contribution in [3.8, 4) is 0 Å². The predicted molar refractivity (Wildman–Crippen MR) is 69.7 cm³/mol. The van der Waals surface area contributed by atoms with E-state index in [1.165, 1.54) is 0 Å². The summed E-state index contributed by atoms with van der Waals surface area (Å²) in [6.07, 6.45) is -1.10. The predicted octanol–water partition coefficient (Wildman–Crippen LogP) is 2.17. The summed E-state index contributed by atoms with van der Waals surface area (Å²) < 4.78 is 5.20. The molecule has 0 aliphatic carbocycles. The topological polar surface area (TPSA) is 49.7 Å². The highest BCUT2D eigenvalue weighted by Crippen LogP contribution is 2.05. The maximum atomic E-state index is 9.45. The first-order chi connectivity index (χ1) is 7.59. The number of ether oxygens (including phenoxy) is 1. The fraction of sp³-hybridized carbons (Fsp3) is 0.273. The summed E-state index contributed by atoms with van der Waals surface area (Å²) in [7, 11) is 0. The number of thiocarbonyl (C=S) groups is 2. The van der Waals surface area contributed by atoms with Gasteiger partial charge in [-0.1, -0.05) is 30.3 Å². The maximum absolute atomic E-state index is 9.45. The molecule has 86 valence electrons. The van der Waals surface area contributed by atoms with Gasteiger partial charge in [0.15, 0.2) is 10.1 Å². The Bertz CT molecular complexity index is 365. The van der Waals surface area contributed by atoms with E-state index in [1.54, 1.807) is 0 Å². The van der Waals surface area contributed by atoms with E-state index >= 15 is 0 Å². The average Bonchev–Trinajstić information content (AvgIpc) is 2.26. The smallest absolute Gasteiger partial charge is 0.189 e. The van der Waals surface area contributed by atoms with E-state index in [0.717, 1.165) is 5.56 Å². The van der Waals surface area contributed by atoms with Gasteiger partial charge in [0.2, 0.25) is 0 Å². The van der Waals surface area contributed by atoms with Crippen molar-refractivity contribution >= 4 is 34.5 Å². The fourth-order valence-electron chi connectivity index (χ4n) is 1.07.